The molecule has 2 heterocycles. The number of hydrogen-bond donors (Lipinski definition) is 1. The summed E-state index contributed by atoms with van der Waals surface area (Å²) < 4.78 is 5.70. The SMILES string of the molecule is COC(=O)c1sc(Br)cc1Nc1nc(-c2ccc(Cl)c(Cl)c2)c(CC(C)C)s1. The van der Waals surface area contributed by atoms with Crippen LogP contribution in [0, 0.1) is 5.92 Å². The molecule has 1 N–H and O–H groups in total. The number of thiazole rings is 1. The largest absolute Gasteiger partial charge is 0.465 e. The van der Waals surface area contributed by atoms with Gasteiger partial charge in [-0.25, -0.2) is 9.78 Å². The van der Waals surface area contributed by atoms with Crippen LogP contribution in [-0.2, 0) is 11.2 Å². The molecule has 0 saturated heterocycles. The second kappa shape index (κ2) is 9.13. The summed E-state index contributed by atoms with van der Waals surface area (Å²) in [6, 6.07) is 7.36. The Balaban J connectivity index is 2.00. The molecule has 1 aromatic carbocycles. The van der Waals surface area contributed by atoms with E-state index in [1.165, 1.54) is 18.4 Å². The first kappa shape index (κ1) is 21.6. The highest BCUT2D eigenvalue weighted by Gasteiger charge is 2.20. The number of rotatable bonds is 6. The predicted octanol–water partition coefficient (Wildman–Crippen LogP) is 7.67. The van der Waals surface area contributed by atoms with Crippen molar-refractivity contribution >= 4 is 78.6 Å². The number of methoxy groups -OCH3 is 1. The van der Waals surface area contributed by atoms with Gasteiger partial charge in [-0.05, 0) is 46.5 Å². The molecule has 2 aromatic heterocycles. The number of halogens is 3. The van der Waals surface area contributed by atoms with Crippen LogP contribution in [0.4, 0.5) is 10.8 Å². The Labute approximate surface area is 190 Å². The number of esters is 1. The molecule has 148 valence electrons. The molecule has 0 atom stereocenters. The van der Waals surface area contributed by atoms with Gasteiger partial charge in [0.15, 0.2) is 5.13 Å². The molecule has 4 nitrogen and oxygen atoms in total. The molecule has 28 heavy (non-hydrogen) atoms. The molecule has 0 aliphatic carbocycles. The number of aromatic nitrogens is 1. The fourth-order valence-electron chi connectivity index (χ4n) is 2.60. The van der Waals surface area contributed by atoms with Crippen molar-refractivity contribution in [2.24, 2.45) is 5.92 Å². The molecule has 0 radical (unpaired) electrons. The molecular weight excluding hydrogens is 503 g/mol. The van der Waals surface area contributed by atoms with E-state index in [9.17, 15) is 4.79 Å². The lowest BCUT2D eigenvalue weighted by molar-refractivity contribution is 0.0607. The van der Waals surface area contributed by atoms with Gasteiger partial charge in [0, 0.05) is 10.4 Å². The van der Waals surface area contributed by atoms with E-state index >= 15 is 0 Å². The third kappa shape index (κ3) is 4.89. The summed E-state index contributed by atoms with van der Waals surface area (Å²) in [5.41, 5.74) is 2.44. The van der Waals surface area contributed by atoms with Gasteiger partial charge in [-0.1, -0.05) is 43.1 Å². The number of nitrogens with zero attached hydrogens (tertiary/aromatic N) is 1. The zero-order chi connectivity index (χ0) is 20.4. The van der Waals surface area contributed by atoms with E-state index in [0.717, 1.165) is 26.3 Å². The Morgan fingerprint density at radius 3 is 2.64 bits per heavy atom. The molecule has 0 spiro atoms. The van der Waals surface area contributed by atoms with Crippen molar-refractivity contribution in [2.75, 3.05) is 12.4 Å². The molecule has 0 aliphatic heterocycles. The number of benzene rings is 1. The van der Waals surface area contributed by atoms with Crippen LogP contribution >= 0.6 is 61.8 Å². The second-order valence-corrected chi connectivity index (χ2v) is 10.8. The third-order valence-corrected chi connectivity index (χ3v) is 7.15. The molecule has 0 bridgehead atoms. The molecular formula is C19H17BrCl2N2O2S2. The van der Waals surface area contributed by atoms with Crippen molar-refractivity contribution in [3.63, 3.8) is 0 Å². The van der Waals surface area contributed by atoms with Gasteiger partial charge in [0.25, 0.3) is 0 Å². The van der Waals surface area contributed by atoms with Crippen LogP contribution in [0.2, 0.25) is 10.0 Å². The maximum Gasteiger partial charge on any atom is 0.350 e. The summed E-state index contributed by atoms with van der Waals surface area (Å²) in [7, 11) is 1.37. The summed E-state index contributed by atoms with van der Waals surface area (Å²) in [5, 5.41) is 4.97. The maximum absolute atomic E-state index is 12.0. The lowest BCUT2D eigenvalue weighted by Crippen LogP contribution is -2.01. The number of nitrogens with one attached hydrogen (secondary N) is 1. The Morgan fingerprint density at radius 2 is 2.00 bits per heavy atom. The molecule has 3 aromatic rings. The van der Waals surface area contributed by atoms with Gasteiger partial charge >= 0.3 is 5.97 Å². The standard InChI is InChI=1S/C19H17BrCl2N2O2S2/c1-9(2)6-14-16(10-4-5-11(21)12(22)7-10)24-19(27-14)23-13-8-15(20)28-17(13)18(25)26-3/h4-5,7-9H,6H2,1-3H3,(H,23,24). The first-order valence-corrected chi connectivity index (χ1v) is 11.6. The topological polar surface area (TPSA) is 51.2 Å². The number of carbonyl (C=O) groups is 1. The second-order valence-electron chi connectivity index (χ2n) is 6.43. The van der Waals surface area contributed by atoms with Crippen molar-refractivity contribution < 1.29 is 9.53 Å². The van der Waals surface area contributed by atoms with Crippen molar-refractivity contribution in [3.8, 4) is 11.3 Å². The van der Waals surface area contributed by atoms with Gasteiger partial charge in [-0.15, -0.1) is 22.7 Å². The lowest BCUT2D eigenvalue weighted by atomic mass is 10.0. The van der Waals surface area contributed by atoms with Crippen molar-refractivity contribution in [1.29, 1.82) is 0 Å². The van der Waals surface area contributed by atoms with Gasteiger partial charge in [-0.3, -0.25) is 0 Å². The number of ether oxygens (including phenoxy) is 1. The van der Waals surface area contributed by atoms with E-state index < -0.39 is 0 Å². The van der Waals surface area contributed by atoms with Crippen LogP contribution < -0.4 is 5.32 Å². The summed E-state index contributed by atoms with van der Waals surface area (Å²) in [6.45, 7) is 4.33. The highest BCUT2D eigenvalue weighted by Crippen LogP contribution is 2.39. The van der Waals surface area contributed by atoms with Crippen molar-refractivity contribution in [2.45, 2.75) is 20.3 Å². The minimum atomic E-state index is -0.387. The van der Waals surface area contributed by atoms with Crippen LogP contribution in [0.15, 0.2) is 28.1 Å². The molecule has 0 amide bonds. The van der Waals surface area contributed by atoms with E-state index in [1.807, 2.05) is 18.2 Å². The summed E-state index contributed by atoms with van der Waals surface area (Å²) >= 11 is 18.6. The molecule has 0 fully saturated rings. The highest BCUT2D eigenvalue weighted by molar-refractivity contribution is 9.11. The average molecular weight is 520 g/mol. The normalized spacial score (nSPS) is 11.1. The zero-order valence-electron chi connectivity index (χ0n) is 15.3. The van der Waals surface area contributed by atoms with Gasteiger partial charge in [0.1, 0.15) is 4.88 Å². The van der Waals surface area contributed by atoms with E-state index in [2.05, 4.69) is 35.1 Å². The Kier molecular flexibility index (Phi) is 7.04. The molecule has 0 aliphatic rings. The maximum atomic E-state index is 12.0. The molecule has 9 heteroatoms. The Hall–Kier alpha value is -1.12. The Morgan fingerprint density at radius 1 is 1.25 bits per heavy atom. The van der Waals surface area contributed by atoms with Gasteiger partial charge in [0.05, 0.1) is 32.3 Å². The van der Waals surface area contributed by atoms with E-state index in [1.54, 1.807) is 17.4 Å². The smallest absolute Gasteiger partial charge is 0.350 e. The molecule has 0 saturated carbocycles. The van der Waals surface area contributed by atoms with Gasteiger partial charge in [0.2, 0.25) is 0 Å². The minimum absolute atomic E-state index is 0.387. The first-order chi connectivity index (χ1) is 13.3. The lowest BCUT2D eigenvalue weighted by Gasteiger charge is -2.06. The number of hydrogen-bond acceptors (Lipinski definition) is 6. The first-order valence-electron chi connectivity index (χ1n) is 8.38. The van der Waals surface area contributed by atoms with Crippen LogP contribution in [0.25, 0.3) is 11.3 Å². The van der Waals surface area contributed by atoms with Crippen LogP contribution in [0.5, 0.6) is 0 Å². The van der Waals surface area contributed by atoms with Crippen molar-refractivity contribution in [3.05, 3.63) is 47.9 Å². The molecule has 3 rings (SSSR count). The summed E-state index contributed by atoms with van der Waals surface area (Å²) in [5.74, 6) is 0.0811. The fourth-order valence-corrected chi connectivity index (χ4v) is 5.58. The van der Waals surface area contributed by atoms with E-state index in [0.29, 0.717) is 31.7 Å². The highest BCUT2D eigenvalue weighted by atomic mass is 79.9. The van der Waals surface area contributed by atoms with Crippen LogP contribution in [0.1, 0.15) is 28.4 Å². The van der Waals surface area contributed by atoms with Gasteiger partial charge < -0.3 is 10.1 Å². The number of thiophene rings is 1. The zero-order valence-corrected chi connectivity index (χ0v) is 20.0. The molecule has 0 unspecified atom stereocenters. The monoisotopic (exact) mass is 518 g/mol. The van der Waals surface area contributed by atoms with Crippen LogP contribution in [-0.4, -0.2) is 18.1 Å². The fraction of sp³-hybridized carbons (Fsp3) is 0.263. The summed E-state index contributed by atoms with van der Waals surface area (Å²) in [6.07, 6.45) is 0.881. The van der Waals surface area contributed by atoms with Crippen LogP contribution in [0.3, 0.4) is 0 Å². The summed E-state index contributed by atoms with van der Waals surface area (Å²) in [4.78, 5) is 18.4. The minimum Gasteiger partial charge on any atom is -0.465 e. The number of carbonyl (C=O) groups excluding carboxylic acids is 1. The average Bonchev–Trinajstić information content (AvgIpc) is 3.19. The van der Waals surface area contributed by atoms with E-state index in [-0.39, 0.29) is 5.97 Å². The Bertz CT molecular complexity index is 1020. The van der Waals surface area contributed by atoms with E-state index in [4.69, 9.17) is 32.9 Å². The third-order valence-electron chi connectivity index (χ3n) is 3.80. The predicted molar refractivity (Wildman–Crippen MR) is 123 cm³/mol. The number of anilines is 2. The van der Waals surface area contributed by atoms with Crippen molar-refractivity contribution in [1.82, 2.24) is 4.98 Å². The quantitative estimate of drug-likeness (QED) is 0.339. The van der Waals surface area contributed by atoms with Gasteiger partial charge in [-0.2, -0.15) is 0 Å².